The molecule has 0 N–H and O–H groups in total. The van der Waals surface area contributed by atoms with Crippen molar-refractivity contribution >= 4 is 77.4 Å². The zero-order valence-electron chi connectivity index (χ0n) is 24.3. The second kappa shape index (κ2) is 9.58. The Bertz CT molecular complexity index is 2740. The van der Waals surface area contributed by atoms with Crippen LogP contribution in [0.2, 0.25) is 0 Å². The molecule has 0 aliphatic carbocycles. The molecule has 10 rings (SSSR count). The zero-order valence-corrected chi connectivity index (χ0v) is 26.0. The monoisotopic (exact) mass is 638 g/mol. The number of rotatable bonds is 3. The van der Waals surface area contributed by atoms with Crippen molar-refractivity contribution < 1.29 is 0 Å². The number of nitrogens with zero attached hydrogens (tertiary/aromatic N) is 2. The molecular weight excluding hydrogens is 611 g/mol. The Morgan fingerprint density at radius 3 is 1.71 bits per heavy atom. The minimum atomic E-state index is 0.174. The summed E-state index contributed by atoms with van der Waals surface area (Å²) in [6.45, 7) is 0. The molecule has 0 atom stereocenters. The van der Waals surface area contributed by atoms with E-state index in [4.69, 9.17) is 0 Å². The van der Waals surface area contributed by atoms with Gasteiger partial charge in [0.1, 0.15) is 0 Å². The average Bonchev–Trinajstić information content (AvgIpc) is 3.76. The van der Waals surface area contributed by atoms with Crippen LogP contribution in [-0.4, -0.2) is 23.6 Å². The van der Waals surface area contributed by atoms with Crippen LogP contribution in [0.25, 0.3) is 85.4 Å². The maximum absolute atomic E-state index is 2.51. The fraction of sp³-hybridized carbons (Fsp3) is 0. The average molecular weight is 638 g/mol. The molecule has 45 heavy (non-hydrogen) atoms. The van der Waals surface area contributed by atoms with E-state index in [1.807, 2.05) is 0 Å². The summed E-state index contributed by atoms with van der Waals surface area (Å²) < 4.78 is 7.85. The molecule has 0 aliphatic heterocycles. The first-order valence-corrected chi connectivity index (χ1v) is 17.1. The second-order valence-corrected chi connectivity index (χ2v) is 13.9. The number of hydrogen-bond donors (Lipinski definition) is 0. The van der Waals surface area contributed by atoms with Crippen LogP contribution >= 0.6 is 0 Å². The van der Waals surface area contributed by atoms with Gasteiger partial charge in [-0.15, -0.1) is 0 Å². The quantitative estimate of drug-likeness (QED) is 0.171. The third-order valence-electron chi connectivity index (χ3n) is 9.30. The normalized spacial score (nSPS) is 12.0. The fourth-order valence-electron chi connectivity index (χ4n) is 7.48. The van der Waals surface area contributed by atoms with E-state index < -0.39 is 0 Å². The van der Waals surface area contributed by atoms with Crippen LogP contribution in [0.15, 0.2) is 158 Å². The molecule has 210 valence electrons. The predicted octanol–water partition coefficient (Wildman–Crippen LogP) is 10.9. The van der Waals surface area contributed by atoms with Gasteiger partial charge in [0, 0.05) is 0 Å². The molecule has 0 saturated heterocycles. The Morgan fingerprint density at radius 1 is 0.378 bits per heavy atom. The number of fused-ring (bicyclic) bond motifs is 10. The van der Waals surface area contributed by atoms with Crippen LogP contribution in [0.5, 0.6) is 0 Å². The molecule has 0 bridgehead atoms. The van der Waals surface area contributed by atoms with Crippen LogP contribution in [0.3, 0.4) is 0 Å². The van der Waals surface area contributed by atoms with Crippen molar-refractivity contribution in [2.24, 2.45) is 0 Å². The van der Waals surface area contributed by atoms with Gasteiger partial charge in [-0.1, -0.05) is 0 Å². The maximum atomic E-state index is 2.51. The summed E-state index contributed by atoms with van der Waals surface area (Å²) in [5, 5.41) is 7.96. The predicted molar refractivity (Wildman–Crippen MR) is 193 cm³/mol. The van der Waals surface area contributed by atoms with E-state index in [0.717, 1.165) is 0 Å². The molecule has 0 amide bonds. The molecule has 0 aliphatic rings. The zero-order chi connectivity index (χ0) is 29.5. The Balaban J connectivity index is 1.42. The number of hydrogen-bond acceptors (Lipinski definition) is 0. The van der Waals surface area contributed by atoms with E-state index in [1.54, 1.807) is 0 Å². The van der Waals surface area contributed by atoms with Gasteiger partial charge in [0.15, 0.2) is 0 Å². The standard InChI is InChI=1S/C42H26N2Se/c1-3-14-27(15-4-1)43-36-23-11-8-19-31(36)39-30(21-13-24-37(39)43)34-26-33-29-18-7-10-22-35(29)44(28-16-5-2-6-17-28)41(33)40-32-20-9-12-25-38(32)45-42(34)40/h1-26H. The summed E-state index contributed by atoms with van der Waals surface area (Å²) in [5.41, 5.74) is 10.1. The molecule has 0 fully saturated rings. The summed E-state index contributed by atoms with van der Waals surface area (Å²) in [6, 6.07) is 57.9. The molecule has 3 aromatic heterocycles. The van der Waals surface area contributed by atoms with Crippen molar-refractivity contribution in [1.29, 1.82) is 0 Å². The van der Waals surface area contributed by atoms with Crippen molar-refractivity contribution in [3.05, 3.63) is 158 Å². The van der Waals surface area contributed by atoms with E-state index in [1.165, 1.54) is 85.4 Å². The molecule has 0 unspecified atom stereocenters. The molecule has 0 spiro atoms. The summed E-state index contributed by atoms with van der Waals surface area (Å²) >= 11 is 0.174. The van der Waals surface area contributed by atoms with Gasteiger partial charge in [0.25, 0.3) is 0 Å². The van der Waals surface area contributed by atoms with Crippen LogP contribution in [0, 0.1) is 0 Å². The van der Waals surface area contributed by atoms with Gasteiger partial charge in [-0.05, 0) is 0 Å². The Morgan fingerprint density at radius 2 is 0.956 bits per heavy atom. The van der Waals surface area contributed by atoms with E-state index >= 15 is 0 Å². The first-order valence-electron chi connectivity index (χ1n) is 15.4. The first kappa shape index (κ1) is 25.0. The number of para-hydroxylation sites is 4. The SMILES string of the molecule is c1ccc(-n2c3ccccc3c3c(-c4cc5c6ccccc6n(-c6ccccc6)c5c5c4[se]c4ccccc45)cccc32)cc1. The molecule has 10 aromatic rings. The van der Waals surface area contributed by atoms with E-state index in [2.05, 4.69) is 167 Å². The van der Waals surface area contributed by atoms with E-state index in [9.17, 15) is 0 Å². The van der Waals surface area contributed by atoms with Crippen molar-refractivity contribution in [2.75, 3.05) is 0 Å². The van der Waals surface area contributed by atoms with Gasteiger partial charge in [0.05, 0.1) is 0 Å². The summed E-state index contributed by atoms with van der Waals surface area (Å²) in [4.78, 5) is 0. The van der Waals surface area contributed by atoms with Crippen LogP contribution in [0.4, 0.5) is 0 Å². The van der Waals surface area contributed by atoms with Gasteiger partial charge < -0.3 is 0 Å². The van der Waals surface area contributed by atoms with Crippen molar-refractivity contribution in [3.63, 3.8) is 0 Å². The van der Waals surface area contributed by atoms with Crippen molar-refractivity contribution in [1.82, 2.24) is 9.13 Å². The second-order valence-electron chi connectivity index (χ2n) is 11.7. The fourth-order valence-corrected chi connectivity index (χ4v) is 10.1. The summed E-state index contributed by atoms with van der Waals surface area (Å²) in [6.07, 6.45) is 0. The Kier molecular flexibility index (Phi) is 5.33. The van der Waals surface area contributed by atoms with Gasteiger partial charge in [0.2, 0.25) is 0 Å². The number of aromatic nitrogens is 2. The summed E-state index contributed by atoms with van der Waals surface area (Å²) in [5.74, 6) is 0. The van der Waals surface area contributed by atoms with Gasteiger partial charge in [-0.3, -0.25) is 0 Å². The minimum absolute atomic E-state index is 0.174. The van der Waals surface area contributed by atoms with E-state index in [-0.39, 0.29) is 14.5 Å². The van der Waals surface area contributed by atoms with Crippen molar-refractivity contribution in [3.8, 4) is 22.5 Å². The van der Waals surface area contributed by atoms with Crippen molar-refractivity contribution in [2.45, 2.75) is 0 Å². The molecule has 0 saturated carbocycles. The van der Waals surface area contributed by atoms with Gasteiger partial charge >= 0.3 is 267 Å². The van der Waals surface area contributed by atoms with Gasteiger partial charge in [-0.25, -0.2) is 0 Å². The molecule has 2 nitrogen and oxygen atoms in total. The topological polar surface area (TPSA) is 9.86 Å². The molecular formula is C42H26N2Se. The Labute approximate surface area is 265 Å². The van der Waals surface area contributed by atoms with Crippen LogP contribution in [0.1, 0.15) is 0 Å². The van der Waals surface area contributed by atoms with E-state index in [0.29, 0.717) is 0 Å². The molecule has 3 heteroatoms. The Hall–Kier alpha value is -5.34. The summed E-state index contributed by atoms with van der Waals surface area (Å²) in [7, 11) is 0. The van der Waals surface area contributed by atoms with Gasteiger partial charge in [-0.2, -0.15) is 0 Å². The molecule has 7 aromatic carbocycles. The third kappa shape index (κ3) is 3.51. The first-order chi connectivity index (χ1) is 22.4. The molecule has 3 heterocycles. The van der Waals surface area contributed by atoms with Crippen LogP contribution in [-0.2, 0) is 0 Å². The number of benzene rings is 7. The van der Waals surface area contributed by atoms with Crippen LogP contribution < -0.4 is 0 Å². The molecule has 0 radical (unpaired) electrons. The third-order valence-corrected chi connectivity index (χ3v) is 11.8.